The maximum atomic E-state index is 11.2. The summed E-state index contributed by atoms with van der Waals surface area (Å²) < 4.78 is 4.66. The van der Waals surface area contributed by atoms with E-state index in [9.17, 15) is 4.79 Å². The number of hydrogen-bond acceptors (Lipinski definition) is 4. The van der Waals surface area contributed by atoms with Crippen molar-refractivity contribution in [1.82, 2.24) is 5.48 Å². The van der Waals surface area contributed by atoms with Crippen LogP contribution in [0.2, 0.25) is 0 Å². The highest BCUT2D eigenvalue weighted by molar-refractivity contribution is 5.69. The molecule has 0 saturated heterocycles. The van der Waals surface area contributed by atoms with Crippen LogP contribution in [0.4, 0.5) is 0 Å². The number of ether oxygens (including phenoxy) is 1. The van der Waals surface area contributed by atoms with Gasteiger partial charge in [0.15, 0.2) is 0 Å². The molecule has 0 radical (unpaired) electrons. The Balaban J connectivity index is 2.36. The van der Waals surface area contributed by atoms with Crippen molar-refractivity contribution in [3.8, 4) is 0 Å². The lowest BCUT2D eigenvalue weighted by atomic mass is 10.0. The average molecular weight is 251 g/mol. The van der Waals surface area contributed by atoms with Gasteiger partial charge in [-0.25, -0.2) is 0 Å². The van der Waals surface area contributed by atoms with E-state index in [1.54, 1.807) is 0 Å². The fourth-order valence-corrected chi connectivity index (χ4v) is 1.48. The van der Waals surface area contributed by atoms with Crippen molar-refractivity contribution >= 4 is 5.97 Å². The summed E-state index contributed by atoms with van der Waals surface area (Å²) in [5.41, 5.74) is 4.02. The molecule has 0 heterocycles. The highest BCUT2D eigenvalue weighted by Gasteiger charge is 2.17. The summed E-state index contributed by atoms with van der Waals surface area (Å²) in [6.45, 7) is 4.55. The molecule has 4 heteroatoms. The lowest BCUT2D eigenvalue weighted by Gasteiger charge is -2.20. The monoisotopic (exact) mass is 251 g/mol. The van der Waals surface area contributed by atoms with E-state index in [-0.39, 0.29) is 12.0 Å². The zero-order valence-electron chi connectivity index (χ0n) is 11.2. The molecule has 0 aromatic heterocycles. The zero-order valence-corrected chi connectivity index (χ0v) is 11.2. The second-order valence-electron chi connectivity index (χ2n) is 4.52. The minimum absolute atomic E-state index is 0.0406. The molecule has 1 rings (SSSR count). The molecule has 0 aliphatic carbocycles. The topological polar surface area (TPSA) is 47.6 Å². The molecule has 0 bridgehead atoms. The fraction of sp³-hybridized carbons (Fsp3) is 0.500. The van der Waals surface area contributed by atoms with E-state index in [4.69, 9.17) is 4.84 Å². The maximum Gasteiger partial charge on any atom is 0.307 e. The number of benzene rings is 1. The molecule has 18 heavy (non-hydrogen) atoms. The van der Waals surface area contributed by atoms with E-state index in [0.717, 1.165) is 5.56 Å². The molecule has 0 amide bonds. The highest BCUT2D eigenvalue weighted by Crippen LogP contribution is 2.08. The summed E-state index contributed by atoms with van der Waals surface area (Å²) in [4.78, 5) is 16.7. The first kappa shape index (κ1) is 14.7. The molecular weight excluding hydrogens is 230 g/mol. The molecule has 100 valence electrons. The minimum atomic E-state index is -0.232. The molecule has 0 fully saturated rings. The first-order valence-corrected chi connectivity index (χ1v) is 6.11. The standard InChI is InChI=1S/C14H21NO3/c1-11(2)13(9-14(16)17-3)15-18-10-12-7-5-4-6-8-12/h4-8,11,13,15H,9-10H2,1-3H3/t13-/m1/s1. The van der Waals surface area contributed by atoms with Crippen LogP contribution in [-0.2, 0) is 21.0 Å². The summed E-state index contributed by atoms with van der Waals surface area (Å²) in [6, 6.07) is 9.84. The van der Waals surface area contributed by atoms with E-state index in [2.05, 4.69) is 10.2 Å². The van der Waals surface area contributed by atoms with E-state index < -0.39 is 0 Å². The number of esters is 1. The van der Waals surface area contributed by atoms with Crippen LogP contribution in [0.5, 0.6) is 0 Å². The number of carbonyl (C=O) groups is 1. The molecule has 0 saturated carbocycles. The van der Waals surface area contributed by atoms with Gasteiger partial charge in [0.25, 0.3) is 0 Å². The van der Waals surface area contributed by atoms with Gasteiger partial charge in [-0.3, -0.25) is 9.63 Å². The second kappa shape index (κ2) is 7.84. The predicted octanol–water partition coefficient (Wildman–Crippen LogP) is 2.30. The van der Waals surface area contributed by atoms with Gasteiger partial charge >= 0.3 is 5.97 Å². The Morgan fingerprint density at radius 2 is 1.94 bits per heavy atom. The molecule has 1 N–H and O–H groups in total. The fourth-order valence-electron chi connectivity index (χ4n) is 1.48. The van der Waals surface area contributed by atoms with Crippen molar-refractivity contribution in [1.29, 1.82) is 0 Å². The van der Waals surface area contributed by atoms with Gasteiger partial charge in [0.05, 0.1) is 20.1 Å². The van der Waals surface area contributed by atoms with Crippen LogP contribution in [0.3, 0.4) is 0 Å². The summed E-state index contributed by atoms with van der Waals surface area (Å²) in [5.74, 6) is 0.0596. The van der Waals surface area contributed by atoms with Crippen LogP contribution in [0.25, 0.3) is 0 Å². The molecule has 1 atom stereocenters. The van der Waals surface area contributed by atoms with Crippen LogP contribution in [-0.4, -0.2) is 19.1 Å². The summed E-state index contributed by atoms with van der Waals surface area (Å²) in [7, 11) is 1.39. The molecular formula is C14H21NO3. The number of hydrogen-bond donors (Lipinski definition) is 1. The molecule has 0 aliphatic rings. The average Bonchev–Trinajstić information content (AvgIpc) is 2.38. The van der Waals surface area contributed by atoms with Gasteiger partial charge in [0.1, 0.15) is 0 Å². The molecule has 1 aromatic carbocycles. The number of nitrogens with one attached hydrogen (secondary N) is 1. The van der Waals surface area contributed by atoms with E-state index >= 15 is 0 Å². The SMILES string of the molecule is COC(=O)C[C@@H](NOCc1ccccc1)C(C)C. The quantitative estimate of drug-likeness (QED) is 0.596. The van der Waals surface area contributed by atoms with Crippen molar-refractivity contribution in [2.45, 2.75) is 32.9 Å². The van der Waals surface area contributed by atoms with Crippen LogP contribution in [0, 0.1) is 5.92 Å². The summed E-state index contributed by atoms with van der Waals surface area (Å²) in [5, 5.41) is 0. The van der Waals surface area contributed by atoms with Gasteiger partial charge in [0, 0.05) is 6.04 Å². The van der Waals surface area contributed by atoms with Gasteiger partial charge in [-0.1, -0.05) is 44.2 Å². The Morgan fingerprint density at radius 3 is 2.50 bits per heavy atom. The first-order valence-electron chi connectivity index (χ1n) is 6.11. The number of hydroxylamine groups is 1. The third kappa shape index (κ3) is 5.29. The first-order chi connectivity index (χ1) is 8.63. The highest BCUT2D eigenvalue weighted by atomic mass is 16.6. The number of methoxy groups -OCH3 is 1. The van der Waals surface area contributed by atoms with E-state index in [1.165, 1.54) is 7.11 Å². The second-order valence-corrected chi connectivity index (χ2v) is 4.52. The maximum absolute atomic E-state index is 11.2. The van der Waals surface area contributed by atoms with Crippen molar-refractivity contribution in [3.05, 3.63) is 35.9 Å². The lowest BCUT2D eigenvalue weighted by Crippen LogP contribution is -2.36. The Morgan fingerprint density at radius 1 is 1.28 bits per heavy atom. The molecule has 4 nitrogen and oxygen atoms in total. The van der Waals surface area contributed by atoms with Gasteiger partial charge in [-0.05, 0) is 11.5 Å². The molecule has 0 spiro atoms. The third-order valence-corrected chi connectivity index (χ3v) is 2.74. The van der Waals surface area contributed by atoms with Crippen molar-refractivity contribution in [2.75, 3.05) is 7.11 Å². The Bertz CT molecular complexity index is 351. The molecule has 1 aromatic rings. The summed E-state index contributed by atoms with van der Waals surface area (Å²) >= 11 is 0. The predicted molar refractivity (Wildman–Crippen MR) is 69.6 cm³/mol. The Kier molecular flexibility index (Phi) is 6.39. The van der Waals surface area contributed by atoms with Crippen LogP contribution in [0.15, 0.2) is 30.3 Å². The molecule has 0 aliphatic heterocycles. The van der Waals surface area contributed by atoms with Gasteiger partial charge < -0.3 is 4.74 Å². The smallest absolute Gasteiger partial charge is 0.307 e. The lowest BCUT2D eigenvalue weighted by molar-refractivity contribution is -0.143. The summed E-state index contributed by atoms with van der Waals surface area (Å²) in [6.07, 6.45) is 0.308. The largest absolute Gasteiger partial charge is 0.469 e. The Hall–Kier alpha value is -1.39. The van der Waals surface area contributed by atoms with Gasteiger partial charge in [-0.2, -0.15) is 5.48 Å². The van der Waals surface area contributed by atoms with Gasteiger partial charge in [0.2, 0.25) is 0 Å². The minimum Gasteiger partial charge on any atom is -0.469 e. The van der Waals surface area contributed by atoms with Crippen molar-refractivity contribution < 1.29 is 14.4 Å². The van der Waals surface area contributed by atoms with Crippen LogP contribution in [0.1, 0.15) is 25.8 Å². The molecule has 0 unspecified atom stereocenters. The Labute approximate surface area is 108 Å². The van der Waals surface area contributed by atoms with Crippen LogP contribution < -0.4 is 5.48 Å². The van der Waals surface area contributed by atoms with Crippen LogP contribution >= 0.6 is 0 Å². The van der Waals surface area contributed by atoms with Crippen molar-refractivity contribution in [2.24, 2.45) is 5.92 Å². The van der Waals surface area contributed by atoms with Crippen molar-refractivity contribution in [3.63, 3.8) is 0 Å². The zero-order chi connectivity index (χ0) is 13.4. The van der Waals surface area contributed by atoms with Gasteiger partial charge in [-0.15, -0.1) is 0 Å². The number of rotatable bonds is 7. The van der Waals surface area contributed by atoms with E-state index in [0.29, 0.717) is 18.9 Å². The normalized spacial score (nSPS) is 12.4. The van der Waals surface area contributed by atoms with E-state index in [1.807, 2.05) is 44.2 Å². The number of carbonyl (C=O) groups excluding carboxylic acids is 1. The third-order valence-electron chi connectivity index (χ3n) is 2.74.